The molecule has 7 heteroatoms. The molecule has 0 amide bonds. The maximum absolute atomic E-state index is 13.5. The van der Waals surface area contributed by atoms with Crippen LogP contribution >= 0.6 is 11.8 Å². The first-order valence-electron chi connectivity index (χ1n) is 5.07. The second-order valence-electron chi connectivity index (χ2n) is 3.79. The molecule has 0 saturated heterocycles. The molecule has 100 valence electrons. The minimum Gasteiger partial charge on any atom is -0.478 e. The third-order valence-electron chi connectivity index (χ3n) is 2.16. The van der Waals surface area contributed by atoms with Crippen molar-refractivity contribution in [1.29, 1.82) is 0 Å². The Kier molecular flexibility index (Phi) is 5.15. The van der Waals surface area contributed by atoms with Crippen molar-refractivity contribution in [3.05, 3.63) is 35.1 Å². The highest BCUT2D eigenvalue weighted by Gasteiger charge is 2.09. The van der Waals surface area contributed by atoms with Gasteiger partial charge >= 0.3 is 5.97 Å². The Labute approximate surface area is 109 Å². The number of hydrogen-bond donors (Lipinski definition) is 1. The molecule has 0 atom stereocenters. The van der Waals surface area contributed by atoms with Crippen molar-refractivity contribution in [2.75, 3.05) is 17.8 Å². The lowest BCUT2D eigenvalue weighted by molar-refractivity contribution is 0.0696. The quantitative estimate of drug-likeness (QED) is 0.810. The summed E-state index contributed by atoms with van der Waals surface area (Å²) < 4.78 is 35.2. The molecule has 0 unspecified atom stereocenters. The van der Waals surface area contributed by atoms with Crippen LogP contribution in [0.1, 0.15) is 15.9 Å². The predicted octanol–water partition coefficient (Wildman–Crippen LogP) is 1.80. The first-order chi connectivity index (χ1) is 8.29. The van der Waals surface area contributed by atoms with Gasteiger partial charge < -0.3 is 5.11 Å². The maximum Gasteiger partial charge on any atom is 0.335 e. The van der Waals surface area contributed by atoms with E-state index in [9.17, 15) is 17.6 Å². The number of sulfone groups is 1. The zero-order valence-corrected chi connectivity index (χ0v) is 11.4. The van der Waals surface area contributed by atoms with Gasteiger partial charge in [0.05, 0.1) is 11.3 Å². The largest absolute Gasteiger partial charge is 0.478 e. The van der Waals surface area contributed by atoms with E-state index < -0.39 is 21.6 Å². The van der Waals surface area contributed by atoms with E-state index in [1.54, 1.807) is 0 Å². The minimum absolute atomic E-state index is 0.0481. The summed E-state index contributed by atoms with van der Waals surface area (Å²) in [7, 11) is -3.00. The van der Waals surface area contributed by atoms with E-state index in [1.165, 1.54) is 23.9 Å². The van der Waals surface area contributed by atoms with Crippen LogP contribution in [-0.2, 0) is 15.6 Å². The lowest BCUT2D eigenvalue weighted by atomic mass is 10.1. The minimum atomic E-state index is -3.00. The van der Waals surface area contributed by atoms with Gasteiger partial charge in [-0.15, -0.1) is 0 Å². The molecule has 0 heterocycles. The number of rotatable bonds is 6. The van der Waals surface area contributed by atoms with Gasteiger partial charge in [-0.2, -0.15) is 11.8 Å². The average molecular weight is 292 g/mol. The average Bonchev–Trinajstić information content (AvgIpc) is 2.24. The molecular formula is C11H13FO4S2. The van der Waals surface area contributed by atoms with Crippen LogP contribution in [0, 0.1) is 5.82 Å². The van der Waals surface area contributed by atoms with Crippen molar-refractivity contribution < 1.29 is 22.7 Å². The van der Waals surface area contributed by atoms with Gasteiger partial charge in [0, 0.05) is 17.8 Å². The monoisotopic (exact) mass is 292 g/mol. The van der Waals surface area contributed by atoms with Crippen LogP contribution < -0.4 is 0 Å². The smallest absolute Gasteiger partial charge is 0.335 e. The molecule has 1 aromatic carbocycles. The summed E-state index contributed by atoms with van der Waals surface area (Å²) in [5.74, 6) is -1.00. The van der Waals surface area contributed by atoms with Crippen LogP contribution in [-0.4, -0.2) is 37.3 Å². The van der Waals surface area contributed by atoms with Crippen LogP contribution in [0.15, 0.2) is 18.2 Å². The van der Waals surface area contributed by atoms with Crippen molar-refractivity contribution in [3.63, 3.8) is 0 Å². The van der Waals surface area contributed by atoms with Crippen molar-refractivity contribution in [3.8, 4) is 0 Å². The van der Waals surface area contributed by atoms with Crippen LogP contribution in [0.5, 0.6) is 0 Å². The Morgan fingerprint density at radius 1 is 1.44 bits per heavy atom. The van der Waals surface area contributed by atoms with Gasteiger partial charge in [0.15, 0.2) is 0 Å². The molecule has 18 heavy (non-hydrogen) atoms. The zero-order valence-electron chi connectivity index (χ0n) is 9.72. The molecule has 0 aliphatic rings. The van der Waals surface area contributed by atoms with Crippen LogP contribution in [0.2, 0.25) is 0 Å². The highest BCUT2D eigenvalue weighted by molar-refractivity contribution is 7.99. The molecule has 0 fully saturated rings. The Morgan fingerprint density at radius 2 is 2.11 bits per heavy atom. The maximum atomic E-state index is 13.5. The molecule has 0 bridgehead atoms. The SMILES string of the molecule is CS(=O)(=O)CCSCc1ccc(C(=O)O)cc1F. The highest BCUT2D eigenvalue weighted by Crippen LogP contribution is 2.17. The Morgan fingerprint density at radius 3 is 2.61 bits per heavy atom. The second kappa shape index (κ2) is 6.19. The Hall–Kier alpha value is -1.08. The Bertz CT molecular complexity index is 540. The second-order valence-corrected chi connectivity index (χ2v) is 7.16. The summed E-state index contributed by atoms with van der Waals surface area (Å²) in [6.45, 7) is 0. The van der Waals surface area contributed by atoms with E-state index in [4.69, 9.17) is 5.11 Å². The van der Waals surface area contributed by atoms with E-state index in [2.05, 4.69) is 0 Å². The molecule has 1 aromatic rings. The van der Waals surface area contributed by atoms with Gasteiger partial charge in [0.1, 0.15) is 15.7 Å². The first-order valence-corrected chi connectivity index (χ1v) is 8.28. The number of aromatic carboxylic acids is 1. The molecule has 0 aliphatic carbocycles. The fourth-order valence-corrected chi connectivity index (χ4v) is 3.47. The fraction of sp³-hybridized carbons (Fsp3) is 0.364. The third-order valence-corrected chi connectivity index (χ3v) is 4.37. The summed E-state index contributed by atoms with van der Waals surface area (Å²) in [6, 6.07) is 3.71. The molecule has 0 spiro atoms. The topological polar surface area (TPSA) is 71.4 Å². The number of hydrogen-bond acceptors (Lipinski definition) is 4. The van der Waals surface area contributed by atoms with Gasteiger partial charge in [-0.05, 0) is 17.7 Å². The van der Waals surface area contributed by atoms with Crippen LogP contribution in [0.25, 0.3) is 0 Å². The summed E-state index contributed by atoms with van der Waals surface area (Å²) in [5.41, 5.74) is 0.274. The van der Waals surface area contributed by atoms with Crippen molar-refractivity contribution in [2.24, 2.45) is 0 Å². The van der Waals surface area contributed by atoms with Gasteiger partial charge in [-0.3, -0.25) is 0 Å². The lowest BCUT2D eigenvalue weighted by Crippen LogP contribution is -2.05. The highest BCUT2D eigenvalue weighted by atomic mass is 32.2. The number of halogens is 1. The van der Waals surface area contributed by atoms with E-state index in [0.717, 1.165) is 12.3 Å². The third kappa shape index (κ3) is 5.05. The van der Waals surface area contributed by atoms with Crippen molar-refractivity contribution >= 4 is 27.6 Å². The molecule has 1 rings (SSSR count). The number of carbonyl (C=O) groups is 1. The van der Waals surface area contributed by atoms with Crippen LogP contribution in [0.3, 0.4) is 0 Å². The van der Waals surface area contributed by atoms with Crippen LogP contribution in [0.4, 0.5) is 4.39 Å². The van der Waals surface area contributed by atoms with Gasteiger partial charge in [0.25, 0.3) is 0 Å². The van der Waals surface area contributed by atoms with E-state index in [0.29, 0.717) is 17.1 Å². The molecule has 0 aliphatic heterocycles. The standard InChI is InChI=1S/C11H13FO4S2/c1-18(15,16)5-4-17-7-9-3-2-8(11(13)14)6-10(9)12/h2-3,6H,4-5,7H2,1H3,(H,13,14). The summed E-state index contributed by atoms with van der Waals surface area (Å²) in [4.78, 5) is 10.6. The lowest BCUT2D eigenvalue weighted by Gasteiger charge is -2.04. The molecule has 1 N–H and O–H groups in total. The molecular weight excluding hydrogens is 279 g/mol. The molecule has 0 saturated carbocycles. The van der Waals surface area contributed by atoms with E-state index >= 15 is 0 Å². The Balaban J connectivity index is 2.56. The first kappa shape index (κ1) is 15.0. The normalized spacial score (nSPS) is 11.4. The fourth-order valence-electron chi connectivity index (χ4n) is 1.19. The van der Waals surface area contributed by atoms with Crippen molar-refractivity contribution in [1.82, 2.24) is 0 Å². The van der Waals surface area contributed by atoms with E-state index in [1.807, 2.05) is 0 Å². The molecule has 0 radical (unpaired) electrons. The summed E-state index contributed by atoms with van der Waals surface area (Å²) in [5, 5.41) is 8.67. The van der Waals surface area contributed by atoms with Crippen molar-refractivity contribution in [2.45, 2.75) is 5.75 Å². The zero-order chi connectivity index (χ0) is 13.8. The molecule has 4 nitrogen and oxygen atoms in total. The van der Waals surface area contributed by atoms with Gasteiger partial charge in [-0.1, -0.05) is 6.07 Å². The predicted molar refractivity (Wildman–Crippen MR) is 69.2 cm³/mol. The van der Waals surface area contributed by atoms with Gasteiger partial charge in [0.2, 0.25) is 0 Å². The number of thioether (sulfide) groups is 1. The number of carboxylic acids is 1. The number of carboxylic acid groups (broad SMARTS) is 1. The summed E-state index contributed by atoms with van der Waals surface area (Å²) >= 11 is 1.30. The molecule has 0 aromatic heterocycles. The van der Waals surface area contributed by atoms with Gasteiger partial charge in [-0.25, -0.2) is 17.6 Å². The number of benzene rings is 1. The van der Waals surface area contributed by atoms with E-state index in [-0.39, 0.29) is 11.3 Å². The summed E-state index contributed by atoms with van der Waals surface area (Å²) in [6.07, 6.45) is 1.15.